The van der Waals surface area contributed by atoms with Gasteiger partial charge in [-0.3, -0.25) is 14.5 Å². The number of rotatable bonds is 3. The summed E-state index contributed by atoms with van der Waals surface area (Å²) in [5.74, 6) is 0.581. The minimum Gasteiger partial charge on any atom is -0.497 e. The smallest absolute Gasteiger partial charge is 0.272 e. The maximum atomic E-state index is 12.9. The summed E-state index contributed by atoms with van der Waals surface area (Å²) in [6.45, 7) is 1.30. The molecular formula is C21H22N4O2. The van der Waals surface area contributed by atoms with Crippen molar-refractivity contribution in [2.24, 2.45) is 7.05 Å². The van der Waals surface area contributed by atoms with Crippen LogP contribution in [0.1, 0.15) is 21.7 Å². The third-order valence-corrected chi connectivity index (χ3v) is 5.05. The number of fused-ring (bicyclic) bond motifs is 1. The molecule has 4 rings (SSSR count). The van der Waals surface area contributed by atoms with Crippen LogP contribution in [-0.2, 0) is 19.9 Å². The second-order valence-electron chi connectivity index (χ2n) is 6.64. The maximum Gasteiger partial charge on any atom is 0.272 e. The summed E-state index contributed by atoms with van der Waals surface area (Å²) in [6.07, 6.45) is 3.17. The highest BCUT2D eigenvalue weighted by atomic mass is 16.5. The number of hydrogen-bond donors (Lipinski definition) is 0. The van der Waals surface area contributed by atoms with Gasteiger partial charge in [-0.1, -0.05) is 30.3 Å². The van der Waals surface area contributed by atoms with Crippen molar-refractivity contribution < 1.29 is 9.53 Å². The van der Waals surface area contributed by atoms with E-state index in [1.54, 1.807) is 25.4 Å². The summed E-state index contributed by atoms with van der Waals surface area (Å²) in [5.41, 5.74) is 4.98. The van der Waals surface area contributed by atoms with Gasteiger partial charge in [0.15, 0.2) is 0 Å². The number of benzene rings is 1. The molecule has 0 atom stereocenters. The minimum atomic E-state index is -0.0593. The van der Waals surface area contributed by atoms with E-state index in [-0.39, 0.29) is 5.91 Å². The van der Waals surface area contributed by atoms with E-state index in [9.17, 15) is 4.79 Å². The van der Waals surface area contributed by atoms with E-state index in [4.69, 9.17) is 9.84 Å². The van der Waals surface area contributed by atoms with Crippen LogP contribution in [0.5, 0.6) is 5.75 Å². The normalized spacial score (nSPS) is 13.8. The van der Waals surface area contributed by atoms with Gasteiger partial charge in [0.25, 0.3) is 5.91 Å². The molecule has 1 aromatic carbocycles. The average molecular weight is 362 g/mol. The van der Waals surface area contributed by atoms with E-state index >= 15 is 0 Å². The zero-order valence-corrected chi connectivity index (χ0v) is 15.6. The van der Waals surface area contributed by atoms with Crippen LogP contribution in [0.15, 0.2) is 48.7 Å². The molecule has 0 N–H and O–H groups in total. The lowest BCUT2D eigenvalue weighted by Gasteiger charge is -2.20. The first-order valence-corrected chi connectivity index (χ1v) is 9.07. The van der Waals surface area contributed by atoms with Crippen LogP contribution in [0.2, 0.25) is 0 Å². The van der Waals surface area contributed by atoms with Gasteiger partial charge >= 0.3 is 0 Å². The van der Waals surface area contributed by atoms with Gasteiger partial charge in [0.05, 0.1) is 12.8 Å². The lowest BCUT2D eigenvalue weighted by Crippen LogP contribution is -2.34. The molecular weight excluding hydrogens is 340 g/mol. The number of hydrogen-bond acceptors (Lipinski definition) is 4. The molecule has 3 heterocycles. The van der Waals surface area contributed by atoms with E-state index < -0.39 is 0 Å². The number of carbonyl (C=O) groups excluding carboxylic acids is 1. The van der Waals surface area contributed by atoms with Gasteiger partial charge in [0.1, 0.15) is 11.4 Å². The molecule has 6 nitrogen and oxygen atoms in total. The Kier molecular flexibility index (Phi) is 4.62. The highest BCUT2D eigenvalue weighted by Gasteiger charge is 2.25. The van der Waals surface area contributed by atoms with Crippen molar-refractivity contribution in [1.82, 2.24) is 19.7 Å². The molecule has 2 aromatic heterocycles. The van der Waals surface area contributed by atoms with Crippen LogP contribution in [-0.4, -0.2) is 45.8 Å². The summed E-state index contributed by atoms with van der Waals surface area (Å²) in [6, 6.07) is 13.7. The molecule has 0 aliphatic carbocycles. The van der Waals surface area contributed by atoms with Gasteiger partial charge < -0.3 is 9.64 Å². The number of nitrogens with zero attached hydrogens (tertiary/aromatic N) is 4. The lowest BCUT2D eigenvalue weighted by molar-refractivity contribution is 0.0756. The fraction of sp³-hybridized carbons (Fsp3) is 0.286. The van der Waals surface area contributed by atoms with Crippen molar-refractivity contribution >= 4 is 5.91 Å². The van der Waals surface area contributed by atoms with Crippen LogP contribution in [0.4, 0.5) is 0 Å². The van der Waals surface area contributed by atoms with E-state index in [1.807, 2.05) is 34.8 Å². The average Bonchev–Trinajstić information content (AvgIpc) is 2.89. The Bertz CT molecular complexity index is 966. The number of aryl methyl sites for hydroxylation is 1. The number of aromatic nitrogens is 3. The summed E-state index contributed by atoms with van der Waals surface area (Å²) in [4.78, 5) is 19.0. The Balaban J connectivity index is 1.59. The SMILES string of the molecule is COc1ccnc(C(=O)N2CCc3c(-c4ccccc4)nn(C)c3CC2)c1. The molecule has 0 saturated heterocycles. The summed E-state index contributed by atoms with van der Waals surface area (Å²) in [5, 5.41) is 4.74. The number of ether oxygens (including phenoxy) is 1. The highest BCUT2D eigenvalue weighted by Crippen LogP contribution is 2.28. The number of amides is 1. The topological polar surface area (TPSA) is 60.2 Å². The molecule has 0 spiro atoms. The first kappa shape index (κ1) is 17.3. The second-order valence-corrected chi connectivity index (χ2v) is 6.64. The quantitative estimate of drug-likeness (QED) is 0.719. The van der Waals surface area contributed by atoms with Crippen LogP contribution in [0.3, 0.4) is 0 Å². The first-order valence-electron chi connectivity index (χ1n) is 9.07. The van der Waals surface area contributed by atoms with E-state index in [0.717, 1.165) is 24.1 Å². The predicted molar refractivity (Wildman–Crippen MR) is 103 cm³/mol. The summed E-state index contributed by atoms with van der Waals surface area (Å²) in [7, 11) is 3.57. The Morgan fingerprint density at radius 1 is 1.11 bits per heavy atom. The number of pyridine rings is 1. The molecule has 0 saturated carbocycles. The molecule has 27 heavy (non-hydrogen) atoms. The van der Waals surface area contributed by atoms with Crippen molar-refractivity contribution in [3.05, 3.63) is 65.6 Å². The van der Waals surface area contributed by atoms with Crippen LogP contribution < -0.4 is 4.74 Å². The van der Waals surface area contributed by atoms with Crippen molar-refractivity contribution in [2.45, 2.75) is 12.8 Å². The van der Waals surface area contributed by atoms with Gasteiger partial charge in [0.2, 0.25) is 0 Å². The zero-order chi connectivity index (χ0) is 18.8. The van der Waals surface area contributed by atoms with Gasteiger partial charge in [-0.25, -0.2) is 0 Å². The number of carbonyl (C=O) groups is 1. The van der Waals surface area contributed by atoms with Crippen LogP contribution in [0, 0.1) is 0 Å². The summed E-state index contributed by atoms with van der Waals surface area (Å²) >= 11 is 0. The molecule has 0 bridgehead atoms. The van der Waals surface area contributed by atoms with Gasteiger partial charge in [0, 0.05) is 55.6 Å². The van der Waals surface area contributed by atoms with E-state index in [1.165, 1.54) is 11.3 Å². The van der Waals surface area contributed by atoms with E-state index in [0.29, 0.717) is 24.5 Å². The van der Waals surface area contributed by atoms with Crippen molar-refractivity contribution in [3.63, 3.8) is 0 Å². The Labute approximate surface area is 158 Å². The fourth-order valence-corrected chi connectivity index (χ4v) is 3.63. The van der Waals surface area contributed by atoms with E-state index in [2.05, 4.69) is 17.1 Å². The van der Waals surface area contributed by atoms with Crippen LogP contribution >= 0.6 is 0 Å². The predicted octanol–water partition coefficient (Wildman–Crippen LogP) is 2.73. The summed E-state index contributed by atoms with van der Waals surface area (Å²) < 4.78 is 7.17. The molecule has 0 radical (unpaired) electrons. The van der Waals surface area contributed by atoms with Crippen molar-refractivity contribution in [1.29, 1.82) is 0 Å². The first-order chi connectivity index (χ1) is 13.2. The molecule has 1 aliphatic heterocycles. The molecule has 6 heteroatoms. The maximum absolute atomic E-state index is 12.9. The monoisotopic (exact) mass is 362 g/mol. The Hall–Kier alpha value is -3.15. The third-order valence-electron chi connectivity index (χ3n) is 5.05. The Morgan fingerprint density at radius 2 is 1.89 bits per heavy atom. The largest absolute Gasteiger partial charge is 0.497 e. The highest BCUT2D eigenvalue weighted by molar-refractivity contribution is 5.92. The van der Waals surface area contributed by atoms with Gasteiger partial charge in [-0.15, -0.1) is 0 Å². The molecule has 138 valence electrons. The standard InChI is InChI=1S/C21H22N4O2/c1-24-19-10-13-25(21(26)18-14-16(27-2)8-11-22-18)12-9-17(19)20(23-24)15-6-4-3-5-7-15/h3-8,11,14H,9-10,12-13H2,1-2H3. The molecule has 0 unspecified atom stereocenters. The Morgan fingerprint density at radius 3 is 2.67 bits per heavy atom. The van der Waals surface area contributed by atoms with Crippen molar-refractivity contribution in [2.75, 3.05) is 20.2 Å². The molecule has 1 aliphatic rings. The second kappa shape index (κ2) is 7.23. The van der Waals surface area contributed by atoms with Crippen molar-refractivity contribution in [3.8, 4) is 17.0 Å². The third kappa shape index (κ3) is 3.30. The van der Waals surface area contributed by atoms with Crippen LogP contribution in [0.25, 0.3) is 11.3 Å². The molecule has 3 aromatic rings. The molecule has 1 amide bonds. The lowest BCUT2D eigenvalue weighted by atomic mass is 10.0. The van der Waals surface area contributed by atoms with Gasteiger partial charge in [-0.2, -0.15) is 5.10 Å². The minimum absolute atomic E-state index is 0.0593. The zero-order valence-electron chi connectivity index (χ0n) is 15.6. The van der Waals surface area contributed by atoms with Gasteiger partial charge in [-0.05, 0) is 12.5 Å². The number of methoxy groups -OCH3 is 1. The fourth-order valence-electron chi connectivity index (χ4n) is 3.63. The molecule has 0 fully saturated rings.